The highest BCUT2D eigenvalue weighted by molar-refractivity contribution is 5.78. The van der Waals surface area contributed by atoms with E-state index >= 15 is 0 Å². The molecule has 1 N–H and O–H groups in total. The average molecular weight is 278 g/mol. The molecule has 0 spiro atoms. The van der Waals surface area contributed by atoms with E-state index in [-0.39, 0.29) is 17.6 Å². The fraction of sp³-hybridized carbons (Fsp3) is 0.562. The Morgan fingerprint density at radius 2 is 2.25 bits per heavy atom. The van der Waals surface area contributed by atoms with Crippen LogP contribution >= 0.6 is 0 Å². The van der Waals surface area contributed by atoms with Crippen molar-refractivity contribution in [3.63, 3.8) is 0 Å². The summed E-state index contributed by atoms with van der Waals surface area (Å²) in [4.78, 5) is 14.3. The number of rotatable bonds is 4. The van der Waals surface area contributed by atoms with Gasteiger partial charge < -0.3 is 10.2 Å². The van der Waals surface area contributed by atoms with Crippen LogP contribution in [0.4, 0.5) is 4.39 Å². The lowest BCUT2D eigenvalue weighted by Gasteiger charge is -2.33. The predicted octanol–water partition coefficient (Wildman–Crippen LogP) is 2.21. The second-order valence-corrected chi connectivity index (χ2v) is 5.67. The highest BCUT2D eigenvalue weighted by Crippen LogP contribution is 2.15. The van der Waals surface area contributed by atoms with Gasteiger partial charge in [-0.2, -0.15) is 0 Å². The molecule has 20 heavy (non-hydrogen) atoms. The maximum Gasteiger partial charge on any atom is 0.225 e. The van der Waals surface area contributed by atoms with Crippen molar-refractivity contribution in [2.24, 2.45) is 5.92 Å². The van der Waals surface area contributed by atoms with E-state index in [1.54, 1.807) is 12.1 Å². The number of aryl methyl sites for hydroxylation is 1. The van der Waals surface area contributed by atoms with Gasteiger partial charge in [0.25, 0.3) is 0 Å². The highest BCUT2D eigenvalue weighted by atomic mass is 19.1. The van der Waals surface area contributed by atoms with Crippen LogP contribution in [0, 0.1) is 11.7 Å². The SMILES string of the molecule is C[C@@H]1CN(C(=O)[C@H](C)CCc2ccccc2F)CCN1. The molecule has 1 amide bonds. The summed E-state index contributed by atoms with van der Waals surface area (Å²) in [5, 5.41) is 3.33. The lowest BCUT2D eigenvalue weighted by molar-refractivity contribution is -0.136. The van der Waals surface area contributed by atoms with Crippen LogP contribution in [0.15, 0.2) is 24.3 Å². The molecule has 1 saturated heterocycles. The maximum absolute atomic E-state index is 13.5. The summed E-state index contributed by atoms with van der Waals surface area (Å²) in [5.41, 5.74) is 0.695. The second-order valence-electron chi connectivity index (χ2n) is 5.67. The normalized spacial score (nSPS) is 20.8. The minimum absolute atomic E-state index is 0.0556. The molecule has 2 atom stereocenters. The summed E-state index contributed by atoms with van der Waals surface area (Å²) in [5.74, 6) is -0.0439. The number of hydrogen-bond acceptors (Lipinski definition) is 2. The fourth-order valence-electron chi connectivity index (χ4n) is 2.64. The molecule has 1 aromatic carbocycles. The maximum atomic E-state index is 13.5. The Hall–Kier alpha value is -1.42. The standard InChI is InChI=1S/C16H23FN2O/c1-12(7-8-14-5-3-4-6-15(14)17)16(20)19-10-9-18-13(2)11-19/h3-6,12-13,18H,7-11H2,1-2H3/t12-,13-/m1/s1. The number of piperazine rings is 1. The number of halogens is 1. The molecule has 0 unspecified atom stereocenters. The van der Waals surface area contributed by atoms with E-state index < -0.39 is 0 Å². The van der Waals surface area contributed by atoms with Crippen LogP contribution < -0.4 is 5.32 Å². The van der Waals surface area contributed by atoms with Gasteiger partial charge in [-0.3, -0.25) is 4.79 Å². The molecule has 1 aliphatic rings. The molecule has 2 rings (SSSR count). The van der Waals surface area contributed by atoms with Gasteiger partial charge in [0.05, 0.1) is 0 Å². The summed E-state index contributed by atoms with van der Waals surface area (Å²) < 4.78 is 13.5. The van der Waals surface area contributed by atoms with Gasteiger partial charge in [0.2, 0.25) is 5.91 Å². The van der Waals surface area contributed by atoms with Crippen LogP contribution in [-0.2, 0) is 11.2 Å². The molecule has 1 heterocycles. The van der Waals surface area contributed by atoms with Crippen molar-refractivity contribution in [1.82, 2.24) is 10.2 Å². The van der Waals surface area contributed by atoms with Gasteiger partial charge in [-0.15, -0.1) is 0 Å². The largest absolute Gasteiger partial charge is 0.340 e. The fourth-order valence-corrected chi connectivity index (χ4v) is 2.64. The van der Waals surface area contributed by atoms with Crippen LogP contribution in [-0.4, -0.2) is 36.5 Å². The number of carbonyl (C=O) groups is 1. The first-order chi connectivity index (χ1) is 9.58. The van der Waals surface area contributed by atoms with Crippen molar-refractivity contribution in [2.45, 2.75) is 32.7 Å². The van der Waals surface area contributed by atoms with E-state index in [1.807, 2.05) is 17.9 Å². The Labute approximate surface area is 120 Å². The molecule has 0 aromatic heterocycles. The van der Waals surface area contributed by atoms with Gasteiger partial charge in [-0.05, 0) is 31.4 Å². The Bertz CT molecular complexity index is 464. The van der Waals surface area contributed by atoms with E-state index in [0.29, 0.717) is 24.4 Å². The zero-order valence-electron chi connectivity index (χ0n) is 12.2. The van der Waals surface area contributed by atoms with E-state index in [0.717, 1.165) is 19.6 Å². The van der Waals surface area contributed by atoms with Gasteiger partial charge in [-0.25, -0.2) is 4.39 Å². The molecule has 0 saturated carbocycles. The van der Waals surface area contributed by atoms with Crippen molar-refractivity contribution < 1.29 is 9.18 Å². The van der Waals surface area contributed by atoms with Crippen molar-refractivity contribution in [3.05, 3.63) is 35.6 Å². The van der Waals surface area contributed by atoms with Crippen LogP contribution in [0.25, 0.3) is 0 Å². The Morgan fingerprint density at radius 3 is 2.95 bits per heavy atom. The number of amides is 1. The van der Waals surface area contributed by atoms with Gasteiger partial charge in [0.1, 0.15) is 5.82 Å². The molecule has 4 heteroatoms. The minimum atomic E-state index is -0.178. The Morgan fingerprint density at radius 1 is 1.50 bits per heavy atom. The van der Waals surface area contributed by atoms with Crippen molar-refractivity contribution in [1.29, 1.82) is 0 Å². The number of carbonyl (C=O) groups excluding carboxylic acids is 1. The third kappa shape index (κ3) is 3.79. The molecule has 110 valence electrons. The summed E-state index contributed by atoms with van der Waals surface area (Å²) in [7, 11) is 0. The third-order valence-electron chi connectivity index (χ3n) is 3.91. The quantitative estimate of drug-likeness (QED) is 0.916. The van der Waals surface area contributed by atoms with Gasteiger partial charge in [0, 0.05) is 31.6 Å². The first-order valence-electron chi connectivity index (χ1n) is 7.33. The highest BCUT2D eigenvalue weighted by Gasteiger charge is 2.24. The van der Waals surface area contributed by atoms with Crippen molar-refractivity contribution >= 4 is 5.91 Å². The number of nitrogens with zero attached hydrogens (tertiary/aromatic N) is 1. The van der Waals surface area contributed by atoms with Crippen molar-refractivity contribution in [2.75, 3.05) is 19.6 Å². The molecule has 0 bridgehead atoms. The van der Waals surface area contributed by atoms with Crippen molar-refractivity contribution in [3.8, 4) is 0 Å². The van der Waals surface area contributed by atoms with E-state index in [9.17, 15) is 9.18 Å². The Kier molecular flexibility index (Phi) is 5.12. The Balaban J connectivity index is 1.86. The monoisotopic (exact) mass is 278 g/mol. The first-order valence-corrected chi connectivity index (χ1v) is 7.33. The smallest absolute Gasteiger partial charge is 0.225 e. The third-order valence-corrected chi connectivity index (χ3v) is 3.91. The molecule has 1 aliphatic heterocycles. The van der Waals surface area contributed by atoms with Gasteiger partial charge >= 0.3 is 0 Å². The van der Waals surface area contributed by atoms with Crippen LogP contribution in [0.2, 0.25) is 0 Å². The molecule has 1 aromatic rings. The summed E-state index contributed by atoms with van der Waals surface area (Å²) in [6.07, 6.45) is 1.30. The summed E-state index contributed by atoms with van der Waals surface area (Å²) in [6.45, 7) is 6.42. The summed E-state index contributed by atoms with van der Waals surface area (Å²) in [6, 6.07) is 7.14. The lowest BCUT2D eigenvalue weighted by Crippen LogP contribution is -2.52. The van der Waals surface area contributed by atoms with Gasteiger partial charge in [-0.1, -0.05) is 25.1 Å². The number of nitrogens with one attached hydrogen (secondary N) is 1. The lowest BCUT2D eigenvalue weighted by atomic mass is 9.99. The van der Waals surface area contributed by atoms with Gasteiger partial charge in [0.15, 0.2) is 0 Å². The van der Waals surface area contributed by atoms with Crippen LogP contribution in [0.1, 0.15) is 25.8 Å². The zero-order chi connectivity index (χ0) is 14.5. The molecule has 3 nitrogen and oxygen atoms in total. The molecular formula is C16H23FN2O. The number of benzene rings is 1. The number of hydrogen-bond donors (Lipinski definition) is 1. The van der Waals surface area contributed by atoms with E-state index in [1.165, 1.54) is 6.07 Å². The zero-order valence-corrected chi connectivity index (χ0v) is 12.2. The molecule has 0 radical (unpaired) electrons. The topological polar surface area (TPSA) is 32.3 Å². The van der Waals surface area contributed by atoms with Crippen LogP contribution in [0.5, 0.6) is 0 Å². The minimum Gasteiger partial charge on any atom is -0.340 e. The average Bonchev–Trinajstić information content (AvgIpc) is 2.45. The molecule has 0 aliphatic carbocycles. The van der Waals surface area contributed by atoms with E-state index in [4.69, 9.17) is 0 Å². The predicted molar refractivity (Wildman–Crippen MR) is 77.9 cm³/mol. The molecular weight excluding hydrogens is 255 g/mol. The summed E-state index contributed by atoms with van der Waals surface area (Å²) >= 11 is 0. The van der Waals surface area contributed by atoms with Crippen LogP contribution in [0.3, 0.4) is 0 Å². The second kappa shape index (κ2) is 6.84. The first kappa shape index (κ1) is 15.0. The molecule has 1 fully saturated rings. The van der Waals surface area contributed by atoms with E-state index in [2.05, 4.69) is 12.2 Å².